The fourth-order valence-electron chi connectivity index (χ4n) is 2.24. The Morgan fingerprint density at radius 2 is 2.12 bits per heavy atom. The Labute approximate surface area is 107 Å². The Bertz CT molecular complexity index is 492. The largest absolute Gasteiger partial charge is 0.504 e. The zero-order chi connectivity index (χ0) is 12.8. The van der Waals surface area contributed by atoms with Crippen LogP contribution in [0.2, 0.25) is 0 Å². The predicted molar refractivity (Wildman–Crippen MR) is 65.6 cm³/mol. The van der Waals surface area contributed by atoms with E-state index >= 15 is 0 Å². The molecule has 1 aromatic rings. The van der Waals surface area contributed by atoms with Crippen molar-refractivity contribution in [2.45, 2.75) is 25.2 Å². The normalized spacial score (nSPS) is 16.6. The second-order valence-electron chi connectivity index (χ2n) is 4.32. The zero-order valence-corrected chi connectivity index (χ0v) is 11.2. The molecule has 0 bridgehead atoms. The van der Waals surface area contributed by atoms with E-state index < -0.39 is 11.4 Å². The van der Waals surface area contributed by atoms with Crippen LogP contribution in [0.3, 0.4) is 0 Å². The number of carboxylic acid groups (broad SMARTS) is 1. The molecule has 0 saturated heterocycles. The molecule has 0 radical (unpaired) electrons. The van der Waals surface area contributed by atoms with Gasteiger partial charge >= 0.3 is 5.97 Å². The number of aromatic hydroxyl groups is 1. The van der Waals surface area contributed by atoms with Crippen LogP contribution in [0.4, 0.5) is 0 Å². The predicted octanol–water partition coefficient (Wildman–Crippen LogP) is 2.59. The van der Waals surface area contributed by atoms with Crippen LogP contribution in [0.25, 0.3) is 0 Å². The van der Waals surface area contributed by atoms with Crippen molar-refractivity contribution in [3.05, 3.63) is 21.7 Å². The summed E-state index contributed by atoms with van der Waals surface area (Å²) in [4.78, 5) is 11.3. The standard InChI is InChI=1S/C12H13BrO4/c1-6-5-7(13)10(17-2)9(14)8(6)12(3-4-12)11(15)16/h5,14H,3-4H2,1-2H3,(H,15,16). The summed E-state index contributed by atoms with van der Waals surface area (Å²) >= 11 is 3.28. The van der Waals surface area contributed by atoms with E-state index in [9.17, 15) is 15.0 Å². The van der Waals surface area contributed by atoms with E-state index in [1.54, 1.807) is 13.0 Å². The number of ether oxygens (including phenoxy) is 1. The van der Waals surface area contributed by atoms with Gasteiger partial charge in [0.1, 0.15) is 0 Å². The molecule has 2 rings (SSSR count). The summed E-state index contributed by atoms with van der Waals surface area (Å²) in [6.07, 6.45) is 1.11. The Hall–Kier alpha value is -1.23. The summed E-state index contributed by atoms with van der Waals surface area (Å²) in [7, 11) is 1.44. The van der Waals surface area contributed by atoms with Crippen LogP contribution < -0.4 is 4.74 Å². The first kappa shape index (κ1) is 12.2. The maximum Gasteiger partial charge on any atom is 0.314 e. The molecule has 0 heterocycles. The minimum atomic E-state index is -0.928. The van der Waals surface area contributed by atoms with Crippen molar-refractivity contribution >= 4 is 21.9 Å². The van der Waals surface area contributed by atoms with Crippen LogP contribution in [0.1, 0.15) is 24.0 Å². The minimum Gasteiger partial charge on any atom is -0.504 e. The number of aliphatic carboxylic acids is 1. The molecule has 1 aromatic carbocycles. The quantitative estimate of drug-likeness (QED) is 0.900. The highest BCUT2D eigenvalue weighted by atomic mass is 79.9. The first-order valence-electron chi connectivity index (χ1n) is 5.24. The van der Waals surface area contributed by atoms with E-state index in [0.717, 1.165) is 5.56 Å². The lowest BCUT2D eigenvalue weighted by Gasteiger charge is -2.18. The summed E-state index contributed by atoms with van der Waals surface area (Å²) in [5.74, 6) is -0.669. The molecular formula is C12H13BrO4. The third kappa shape index (κ3) is 1.69. The summed E-state index contributed by atoms with van der Waals surface area (Å²) in [6.45, 7) is 1.79. The van der Waals surface area contributed by atoms with Gasteiger partial charge in [0.15, 0.2) is 11.5 Å². The third-order valence-electron chi connectivity index (χ3n) is 3.25. The second kappa shape index (κ2) is 3.91. The number of phenols is 1. The van der Waals surface area contributed by atoms with Crippen molar-refractivity contribution in [2.75, 3.05) is 7.11 Å². The van der Waals surface area contributed by atoms with Crippen LogP contribution in [0.5, 0.6) is 11.5 Å². The highest BCUT2D eigenvalue weighted by Gasteiger charge is 2.54. The maximum atomic E-state index is 11.3. The van der Waals surface area contributed by atoms with Crippen molar-refractivity contribution in [1.29, 1.82) is 0 Å². The van der Waals surface area contributed by atoms with Crippen LogP contribution in [-0.2, 0) is 10.2 Å². The van der Waals surface area contributed by atoms with E-state index in [1.807, 2.05) is 0 Å². The third-order valence-corrected chi connectivity index (χ3v) is 3.84. The van der Waals surface area contributed by atoms with Gasteiger partial charge in [0.05, 0.1) is 17.0 Å². The van der Waals surface area contributed by atoms with E-state index in [-0.39, 0.29) is 11.5 Å². The van der Waals surface area contributed by atoms with Gasteiger partial charge in [-0.25, -0.2) is 0 Å². The number of carboxylic acids is 1. The molecular weight excluding hydrogens is 288 g/mol. The van der Waals surface area contributed by atoms with Crippen molar-refractivity contribution in [3.8, 4) is 11.5 Å². The number of hydrogen-bond acceptors (Lipinski definition) is 3. The van der Waals surface area contributed by atoms with Crippen LogP contribution in [0, 0.1) is 6.92 Å². The molecule has 1 saturated carbocycles. The molecule has 1 fully saturated rings. The highest BCUT2D eigenvalue weighted by Crippen LogP contribution is 2.55. The highest BCUT2D eigenvalue weighted by molar-refractivity contribution is 9.10. The van der Waals surface area contributed by atoms with E-state index in [4.69, 9.17) is 4.74 Å². The first-order chi connectivity index (χ1) is 7.94. The summed E-state index contributed by atoms with van der Waals surface area (Å²) < 4.78 is 5.71. The fourth-order valence-corrected chi connectivity index (χ4v) is 2.93. The van der Waals surface area contributed by atoms with E-state index in [0.29, 0.717) is 22.9 Å². The number of phenolic OH excluding ortho intramolecular Hbond substituents is 1. The molecule has 0 spiro atoms. The number of carbonyl (C=O) groups is 1. The lowest BCUT2D eigenvalue weighted by atomic mass is 9.90. The average molecular weight is 301 g/mol. The lowest BCUT2D eigenvalue weighted by Crippen LogP contribution is -2.21. The van der Waals surface area contributed by atoms with Gasteiger partial charge in [0.2, 0.25) is 0 Å². The monoisotopic (exact) mass is 300 g/mol. The van der Waals surface area contributed by atoms with Gasteiger partial charge in [-0.2, -0.15) is 0 Å². The summed E-state index contributed by atoms with van der Waals surface area (Å²) in [5, 5.41) is 19.4. The molecule has 1 aliphatic carbocycles. The Morgan fingerprint density at radius 1 is 1.53 bits per heavy atom. The van der Waals surface area contributed by atoms with Crippen LogP contribution in [0.15, 0.2) is 10.5 Å². The molecule has 4 nitrogen and oxygen atoms in total. The van der Waals surface area contributed by atoms with Gasteiger partial charge in [-0.1, -0.05) is 0 Å². The smallest absolute Gasteiger partial charge is 0.314 e. The average Bonchev–Trinajstić information content (AvgIpc) is 2.98. The molecule has 0 aliphatic heterocycles. The topological polar surface area (TPSA) is 66.8 Å². The molecule has 0 aromatic heterocycles. The van der Waals surface area contributed by atoms with E-state index in [2.05, 4.69) is 15.9 Å². The molecule has 0 unspecified atom stereocenters. The van der Waals surface area contributed by atoms with Gasteiger partial charge in [-0.3, -0.25) is 4.79 Å². The molecule has 0 amide bonds. The number of benzene rings is 1. The van der Waals surface area contributed by atoms with Crippen LogP contribution in [-0.4, -0.2) is 23.3 Å². The molecule has 0 atom stereocenters. The summed E-state index contributed by atoms with van der Waals surface area (Å²) in [6, 6.07) is 1.77. The van der Waals surface area contributed by atoms with Gasteiger partial charge < -0.3 is 14.9 Å². The van der Waals surface area contributed by atoms with Gasteiger partial charge in [0, 0.05) is 5.56 Å². The number of hydrogen-bond donors (Lipinski definition) is 2. The number of rotatable bonds is 3. The molecule has 1 aliphatic rings. The SMILES string of the molecule is COc1c(Br)cc(C)c(C2(C(=O)O)CC2)c1O. The van der Waals surface area contributed by atoms with Crippen molar-refractivity contribution < 1.29 is 19.7 Å². The fraction of sp³-hybridized carbons (Fsp3) is 0.417. The molecule has 5 heteroatoms. The number of methoxy groups -OCH3 is 1. The van der Waals surface area contributed by atoms with E-state index in [1.165, 1.54) is 7.11 Å². The second-order valence-corrected chi connectivity index (χ2v) is 5.17. The van der Waals surface area contributed by atoms with Gasteiger partial charge in [-0.15, -0.1) is 0 Å². The van der Waals surface area contributed by atoms with Crippen molar-refractivity contribution in [2.24, 2.45) is 0 Å². The summed E-state index contributed by atoms with van der Waals surface area (Å²) in [5.41, 5.74) is 0.308. The Morgan fingerprint density at radius 3 is 2.53 bits per heavy atom. The molecule has 92 valence electrons. The maximum absolute atomic E-state index is 11.3. The number of aryl methyl sites for hydroxylation is 1. The first-order valence-corrected chi connectivity index (χ1v) is 6.03. The zero-order valence-electron chi connectivity index (χ0n) is 9.58. The van der Waals surface area contributed by atoms with Crippen molar-refractivity contribution in [1.82, 2.24) is 0 Å². The van der Waals surface area contributed by atoms with Crippen molar-refractivity contribution in [3.63, 3.8) is 0 Å². The van der Waals surface area contributed by atoms with Crippen LogP contribution >= 0.6 is 15.9 Å². The Kier molecular flexibility index (Phi) is 2.81. The lowest BCUT2D eigenvalue weighted by molar-refractivity contribution is -0.140. The molecule has 2 N–H and O–H groups in total. The molecule has 17 heavy (non-hydrogen) atoms. The van der Waals surface area contributed by atoms with Gasteiger partial charge in [-0.05, 0) is 47.3 Å². The minimum absolute atomic E-state index is 0.0701. The Balaban J connectivity index is 2.66. The van der Waals surface area contributed by atoms with Gasteiger partial charge in [0.25, 0.3) is 0 Å². The number of halogens is 1.